The smallest absolute Gasteiger partial charge is 0.310 e. The lowest BCUT2D eigenvalue weighted by Gasteiger charge is -2.29. The predicted molar refractivity (Wildman–Crippen MR) is 105 cm³/mol. The topological polar surface area (TPSA) is 72.9 Å². The Labute approximate surface area is 164 Å². The van der Waals surface area contributed by atoms with Crippen LogP contribution in [-0.2, 0) is 27.2 Å². The second-order valence-electron chi connectivity index (χ2n) is 6.70. The van der Waals surface area contributed by atoms with Gasteiger partial charge in [-0.2, -0.15) is 0 Å². The van der Waals surface area contributed by atoms with Gasteiger partial charge in [-0.1, -0.05) is 18.2 Å². The third kappa shape index (κ3) is 4.39. The van der Waals surface area contributed by atoms with Gasteiger partial charge in [0, 0.05) is 23.4 Å². The molecule has 6 heteroatoms. The van der Waals surface area contributed by atoms with E-state index in [0.29, 0.717) is 23.4 Å². The van der Waals surface area contributed by atoms with Crippen molar-refractivity contribution in [3.8, 4) is 5.75 Å². The summed E-state index contributed by atoms with van der Waals surface area (Å²) in [5.74, 6) is -0.392. The molecule has 28 heavy (non-hydrogen) atoms. The second kappa shape index (κ2) is 8.69. The van der Waals surface area contributed by atoms with Crippen LogP contribution in [-0.4, -0.2) is 37.9 Å². The van der Waals surface area contributed by atoms with Crippen molar-refractivity contribution >= 4 is 23.3 Å². The number of carbonyl (C=O) groups is 3. The van der Waals surface area contributed by atoms with Crippen LogP contribution in [0.2, 0.25) is 0 Å². The molecule has 0 N–H and O–H groups in total. The molecule has 1 aliphatic heterocycles. The van der Waals surface area contributed by atoms with Gasteiger partial charge in [-0.25, -0.2) is 0 Å². The van der Waals surface area contributed by atoms with Crippen LogP contribution >= 0.6 is 0 Å². The van der Waals surface area contributed by atoms with E-state index in [0.717, 1.165) is 24.1 Å². The molecule has 2 aromatic carbocycles. The fourth-order valence-electron chi connectivity index (χ4n) is 3.36. The van der Waals surface area contributed by atoms with Gasteiger partial charge in [0.1, 0.15) is 5.75 Å². The Hall–Kier alpha value is -3.15. The molecule has 0 saturated carbocycles. The molecule has 0 saturated heterocycles. The standard InChI is InChI=1S/C22H23NO5/c1-15(24)17-9-10-20(27-2)18(12-17)13-22(26)28-14-21(25)23-11-5-7-16-6-3-4-8-19(16)23/h3-4,6,8-10,12H,5,7,11,13-14H2,1-2H3. The highest BCUT2D eigenvalue weighted by atomic mass is 16.5. The summed E-state index contributed by atoms with van der Waals surface area (Å²) in [6, 6.07) is 12.7. The Bertz CT molecular complexity index is 906. The van der Waals surface area contributed by atoms with E-state index in [2.05, 4.69) is 0 Å². The van der Waals surface area contributed by atoms with Crippen LogP contribution in [0.3, 0.4) is 0 Å². The zero-order valence-corrected chi connectivity index (χ0v) is 16.1. The number of hydrogen-bond donors (Lipinski definition) is 0. The number of amides is 1. The molecule has 0 unspecified atom stereocenters. The molecule has 0 aromatic heterocycles. The van der Waals surface area contributed by atoms with Gasteiger partial charge in [0.25, 0.3) is 5.91 Å². The van der Waals surface area contributed by atoms with Crippen molar-refractivity contribution in [2.75, 3.05) is 25.2 Å². The minimum Gasteiger partial charge on any atom is -0.496 e. The van der Waals surface area contributed by atoms with E-state index in [9.17, 15) is 14.4 Å². The Kier molecular flexibility index (Phi) is 6.09. The summed E-state index contributed by atoms with van der Waals surface area (Å²) >= 11 is 0. The van der Waals surface area contributed by atoms with Crippen molar-refractivity contribution in [1.82, 2.24) is 0 Å². The summed E-state index contributed by atoms with van der Waals surface area (Å²) in [5.41, 5.74) is 3.05. The summed E-state index contributed by atoms with van der Waals surface area (Å²) in [4.78, 5) is 38.1. The number of benzene rings is 2. The number of carbonyl (C=O) groups excluding carboxylic acids is 3. The fourth-order valence-corrected chi connectivity index (χ4v) is 3.36. The third-order valence-corrected chi connectivity index (χ3v) is 4.79. The number of hydrogen-bond acceptors (Lipinski definition) is 5. The number of ketones is 1. The number of anilines is 1. The third-order valence-electron chi connectivity index (χ3n) is 4.79. The molecule has 0 bridgehead atoms. The zero-order valence-electron chi connectivity index (χ0n) is 16.1. The van der Waals surface area contributed by atoms with Crippen molar-refractivity contribution < 1.29 is 23.9 Å². The summed E-state index contributed by atoms with van der Waals surface area (Å²) in [5, 5.41) is 0. The highest BCUT2D eigenvalue weighted by Gasteiger charge is 2.23. The Morgan fingerprint density at radius 3 is 2.64 bits per heavy atom. The molecule has 0 fully saturated rings. The molecule has 1 amide bonds. The van der Waals surface area contributed by atoms with Crippen LogP contribution in [0.4, 0.5) is 5.69 Å². The van der Waals surface area contributed by atoms with Crippen LogP contribution in [0.15, 0.2) is 42.5 Å². The molecule has 0 atom stereocenters. The van der Waals surface area contributed by atoms with Crippen LogP contribution in [0.1, 0.15) is 34.8 Å². The number of Topliss-reactive ketones (excluding diaryl/α,β-unsaturated/α-hetero) is 1. The molecule has 0 spiro atoms. The van der Waals surface area contributed by atoms with E-state index in [1.165, 1.54) is 14.0 Å². The van der Waals surface area contributed by atoms with Crippen molar-refractivity contribution in [1.29, 1.82) is 0 Å². The maximum Gasteiger partial charge on any atom is 0.310 e. The maximum absolute atomic E-state index is 12.6. The van der Waals surface area contributed by atoms with Crippen LogP contribution in [0.25, 0.3) is 0 Å². The highest BCUT2D eigenvalue weighted by Crippen LogP contribution is 2.27. The first kappa shape index (κ1) is 19.6. The number of methoxy groups -OCH3 is 1. The van der Waals surface area contributed by atoms with Gasteiger partial charge in [0.05, 0.1) is 13.5 Å². The maximum atomic E-state index is 12.6. The van der Waals surface area contributed by atoms with E-state index in [1.807, 2.05) is 24.3 Å². The van der Waals surface area contributed by atoms with Gasteiger partial charge in [0.2, 0.25) is 0 Å². The minimum absolute atomic E-state index is 0.0752. The van der Waals surface area contributed by atoms with Crippen LogP contribution in [0.5, 0.6) is 5.75 Å². The molecule has 1 aliphatic rings. The first-order chi connectivity index (χ1) is 13.5. The lowest BCUT2D eigenvalue weighted by atomic mass is 10.0. The molecule has 146 valence electrons. The van der Waals surface area contributed by atoms with Gasteiger partial charge in [0.15, 0.2) is 12.4 Å². The van der Waals surface area contributed by atoms with E-state index in [4.69, 9.17) is 9.47 Å². The van der Waals surface area contributed by atoms with Crippen molar-refractivity contribution in [2.24, 2.45) is 0 Å². The number of fused-ring (bicyclic) bond motifs is 1. The van der Waals surface area contributed by atoms with E-state index in [1.54, 1.807) is 23.1 Å². The normalized spacial score (nSPS) is 12.9. The van der Waals surface area contributed by atoms with Gasteiger partial charge < -0.3 is 14.4 Å². The summed E-state index contributed by atoms with van der Waals surface area (Å²) in [6.07, 6.45) is 1.74. The molecular weight excluding hydrogens is 358 g/mol. The summed E-state index contributed by atoms with van der Waals surface area (Å²) in [7, 11) is 1.49. The first-order valence-corrected chi connectivity index (χ1v) is 9.21. The fraction of sp³-hybridized carbons (Fsp3) is 0.318. The molecule has 6 nitrogen and oxygen atoms in total. The SMILES string of the molecule is COc1ccc(C(C)=O)cc1CC(=O)OCC(=O)N1CCCc2ccccc21. The largest absolute Gasteiger partial charge is 0.496 e. The number of aryl methyl sites for hydroxylation is 1. The summed E-state index contributed by atoms with van der Waals surface area (Å²) in [6.45, 7) is 1.75. The van der Waals surface area contributed by atoms with Crippen molar-refractivity contribution in [3.63, 3.8) is 0 Å². The predicted octanol–water partition coefficient (Wildman–Crippen LogP) is 2.96. The average Bonchev–Trinajstić information content (AvgIpc) is 2.71. The van der Waals surface area contributed by atoms with Gasteiger partial charge in [-0.05, 0) is 49.6 Å². The monoisotopic (exact) mass is 381 g/mol. The van der Waals surface area contributed by atoms with Crippen molar-refractivity contribution in [2.45, 2.75) is 26.2 Å². The lowest BCUT2D eigenvalue weighted by Crippen LogP contribution is -2.38. The molecule has 1 heterocycles. The molecular formula is C22H23NO5. The summed E-state index contributed by atoms with van der Waals surface area (Å²) < 4.78 is 10.5. The molecule has 3 rings (SSSR count). The second-order valence-corrected chi connectivity index (χ2v) is 6.70. The number of rotatable bonds is 6. The zero-order chi connectivity index (χ0) is 20.1. The highest BCUT2D eigenvalue weighted by molar-refractivity contribution is 5.96. The number of nitrogens with zero attached hydrogens (tertiary/aromatic N) is 1. The molecule has 2 aromatic rings. The lowest BCUT2D eigenvalue weighted by molar-refractivity contribution is -0.147. The van der Waals surface area contributed by atoms with Crippen molar-refractivity contribution in [3.05, 3.63) is 59.2 Å². The van der Waals surface area contributed by atoms with Gasteiger partial charge in [-0.3, -0.25) is 14.4 Å². The Morgan fingerprint density at radius 1 is 1.11 bits per heavy atom. The van der Waals surface area contributed by atoms with E-state index >= 15 is 0 Å². The van der Waals surface area contributed by atoms with E-state index in [-0.39, 0.29) is 24.7 Å². The van der Waals surface area contributed by atoms with Gasteiger partial charge in [-0.15, -0.1) is 0 Å². The number of para-hydroxylation sites is 1. The first-order valence-electron chi connectivity index (χ1n) is 9.21. The van der Waals surface area contributed by atoms with E-state index < -0.39 is 5.97 Å². The van der Waals surface area contributed by atoms with Gasteiger partial charge >= 0.3 is 5.97 Å². The number of ether oxygens (including phenoxy) is 2. The Morgan fingerprint density at radius 2 is 1.89 bits per heavy atom. The minimum atomic E-state index is -0.544. The Balaban J connectivity index is 1.63. The molecule has 0 radical (unpaired) electrons. The average molecular weight is 381 g/mol. The number of esters is 1. The van der Waals surface area contributed by atoms with Crippen LogP contribution < -0.4 is 9.64 Å². The quantitative estimate of drug-likeness (QED) is 0.568. The molecule has 0 aliphatic carbocycles. The van der Waals surface area contributed by atoms with Crippen LogP contribution in [0, 0.1) is 0 Å².